The summed E-state index contributed by atoms with van der Waals surface area (Å²) in [7, 11) is 2.89. The van der Waals surface area contributed by atoms with Gasteiger partial charge in [0, 0.05) is 11.8 Å². The molecule has 0 aromatic heterocycles. The molecule has 0 amide bonds. The summed E-state index contributed by atoms with van der Waals surface area (Å²) in [4.78, 5) is 12.7. The van der Waals surface area contributed by atoms with Gasteiger partial charge in [-0.3, -0.25) is 4.79 Å². The maximum atomic E-state index is 12.7. The monoisotopic (exact) mass is 400 g/mol. The highest BCUT2D eigenvalue weighted by Gasteiger charge is 2.52. The van der Waals surface area contributed by atoms with Crippen molar-refractivity contribution in [3.8, 4) is 28.7 Å². The number of aliphatic hydroxyl groups is 1. The molecule has 2 aromatic carbocycles. The van der Waals surface area contributed by atoms with Crippen molar-refractivity contribution in [2.24, 2.45) is 11.8 Å². The quantitative estimate of drug-likeness (QED) is 0.755. The number of hydrogen-bond acceptors (Lipinski definition) is 8. The minimum Gasteiger partial charge on any atom is -0.502 e. The molecule has 3 aliphatic rings. The van der Waals surface area contributed by atoms with Crippen molar-refractivity contribution in [3.63, 3.8) is 0 Å². The number of aliphatic hydroxyl groups excluding tert-OH is 1. The minimum absolute atomic E-state index is 0.106. The molecule has 2 aromatic rings. The molecular weight excluding hydrogens is 380 g/mol. The zero-order valence-electron chi connectivity index (χ0n) is 15.9. The van der Waals surface area contributed by atoms with Gasteiger partial charge in [-0.05, 0) is 41.0 Å². The Kier molecular flexibility index (Phi) is 3.99. The summed E-state index contributed by atoms with van der Waals surface area (Å²) in [6.07, 6.45) is -0.867. The molecule has 29 heavy (non-hydrogen) atoms. The predicted molar refractivity (Wildman–Crippen MR) is 98.5 cm³/mol. The van der Waals surface area contributed by atoms with Gasteiger partial charge in [-0.15, -0.1) is 0 Å². The number of carbonyl (C=O) groups is 1. The van der Waals surface area contributed by atoms with E-state index in [-0.39, 0.29) is 36.6 Å². The first-order valence-corrected chi connectivity index (χ1v) is 9.26. The molecule has 0 spiro atoms. The van der Waals surface area contributed by atoms with Gasteiger partial charge in [-0.25, -0.2) is 0 Å². The van der Waals surface area contributed by atoms with Gasteiger partial charge in [0.2, 0.25) is 12.5 Å². The number of ether oxygens (including phenoxy) is 5. The number of phenols is 1. The molecule has 2 N–H and O–H groups in total. The van der Waals surface area contributed by atoms with Crippen LogP contribution in [-0.2, 0) is 9.53 Å². The molecule has 4 atom stereocenters. The number of rotatable bonds is 3. The fourth-order valence-corrected chi connectivity index (χ4v) is 4.63. The lowest BCUT2D eigenvalue weighted by molar-refractivity contribution is -0.141. The number of esters is 1. The lowest BCUT2D eigenvalue weighted by Crippen LogP contribution is -2.34. The van der Waals surface area contributed by atoms with E-state index in [2.05, 4.69) is 0 Å². The van der Waals surface area contributed by atoms with Crippen LogP contribution in [0.2, 0.25) is 0 Å². The zero-order valence-corrected chi connectivity index (χ0v) is 15.9. The van der Waals surface area contributed by atoms with Gasteiger partial charge in [0.05, 0.1) is 32.8 Å². The van der Waals surface area contributed by atoms with Crippen molar-refractivity contribution in [1.29, 1.82) is 0 Å². The molecular formula is C21H20O8. The summed E-state index contributed by atoms with van der Waals surface area (Å²) in [5.74, 6) is -0.324. The van der Waals surface area contributed by atoms with Crippen LogP contribution in [0.1, 0.15) is 28.7 Å². The van der Waals surface area contributed by atoms with E-state index < -0.39 is 23.9 Å². The lowest BCUT2D eigenvalue weighted by Gasteiger charge is -2.37. The molecule has 1 saturated heterocycles. The maximum absolute atomic E-state index is 12.7. The van der Waals surface area contributed by atoms with Crippen molar-refractivity contribution < 1.29 is 38.7 Å². The number of cyclic esters (lactones) is 1. The lowest BCUT2D eigenvalue weighted by atomic mass is 9.66. The second kappa shape index (κ2) is 6.45. The molecule has 5 rings (SSSR count). The van der Waals surface area contributed by atoms with E-state index in [9.17, 15) is 15.0 Å². The van der Waals surface area contributed by atoms with Gasteiger partial charge in [0.25, 0.3) is 0 Å². The van der Waals surface area contributed by atoms with Gasteiger partial charge in [0.15, 0.2) is 23.0 Å². The highest BCUT2D eigenvalue weighted by atomic mass is 16.7. The van der Waals surface area contributed by atoms with Crippen LogP contribution in [0.25, 0.3) is 0 Å². The molecule has 0 saturated carbocycles. The molecule has 1 aliphatic carbocycles. The van der Waals surface area contributed by atoms with Crippen molar-refractivity contribution in [2.75, 3.05) is 27.6 Å². The van der Waals surface area contributed by atoms with Crippen LogP contribution in [0.3, 0.4) is 0 Å². The van der Waals surface area contributed by atoms with Crippen molar-refractivity contribution >= 4 is 5.97 Å². The topological polar surface area (TPSA) is 104 Å². The number of carbonyl (C=O) groups excluding carboxylic acids is 1. The Morgan fingerprint density at radius 3 is 2.21 bits per heavy atom. The van der Waals surface area contributed by atoms with Gasteiger partial charge in [-0.2, -0.15) is 0 Å². The minimum atomic E-state index is -0.867. The maximum Gasteiger partial charge on any atom is 0.310 e. The number of hydrogen-bond donors (Lipinski definition) is 2. The smallest absolute Gasteiger partial charge is 0.310 e. The molecule has 0 unspecified atom stereocenters. The number of phenolic OH excluding ortho intramolecular Hbond substituents is 1. The van der Waals surface area contributed by atoms with Crippen molar-refractivity contribution in [3.05, 3.63) is 41.0 Å². The van der Waals surface area contributed by atoms with Crippen LogP contribution < -0.4 is 18.9 Å². The van der Waals surface area contributed by atoms with Crippen LogP contribution in [0.4, 0.5) is 0 Å². The van der Waals surface area contributed by atoms with E-state index in [0.717, 1.165) is 5.56 Å². The Balaban J connectivity index is 1.75. The standard InChI is InChI=1S/C21H20O8/c1-25-15-3-9(4-16(26-2)20(15)23)17-10-5-13-14(29-8-28-13)6-11(10)19(22)12-7-27-21(24)18(12)17/h3-6,12,17-19,22-23H,7-8H2,1-2H3/t12-,17-,18-,19-/m0/s1. The molecule has 0 bridgehead atoms. The van der Waals surface area contributed by atoms with Gasteiger partial charge in [-0.1, -0.05) is 0 Å². The molecule has 2 heterocycles. The number of methoxy groups -OCH3 is 2. The van der Waals surface area contributed by atoms with E-state index >= 15 is 0 Å². The number of fused-ring (bicyclic) bond motifs is 3. The van der Waals surface area contributed by atoms with Gasteiger partial charge < -0.3 is 33.9 Å². The fraction of sp³-hybridized carbons (Fsp3) is 0.381. The Labute approximate surface area is 166 Å². The number of aromatic hydroxyl groups is 1. The van der Waals surface area contributed by atoms with Crippen LogP contribution in [0, 0.1) is 11.8 Å². The van der Waals surface area contributed by atoms with Crippen LogP contribution in [-0.4, -0.2) is 43.8 Å². The van der Waals surface area contributed by atoms with E-state index in [1.807, 2.05) is 0 Å². The fourth-order valence-electron chi connectivity index (χ4n) is 4.63. The summed E-state index contributed by atoms with van der Waals surface area (Å²) in [6, 6.07) is 6.93. The highest BCUT2D eigenvalue weighted by Crippen LogP contribution is 2.55. The Morgan fingerprint density at radius 2 is 1.59 bits per heavy atom. The summed E-state index contributed by atoms with van der Waals surface area (Å²) < 4.78 is 26.9. The van der Waals surface area contributed by atoms with Crippen molar-refractivity contribution in [2.45, 2.75) is 12.0 Å². The van der Waals surface area contributed by atoms with Crippen LogP contribution >= 0.6 is 0 Å². The summed E-state index contributed by atoms with van der Waals surface area (Å²) in [5, 5.41) is 21.3. The Hall–Kier alpha value is -3.13. The van der Waals surface area contributed by atoms with Gasteiger partial charge >= 0.3 is 5.97 Å². The third-order valence-electron chi connectivity index (χ3n) is 6.01. The predicted octanol–water partition coefficient (Wildman–Crippen LogP) is 2.11. The molecule has 152 valence electrons. The van der Waals surface area contributed by atoms with Crippen molar-refractivity contribution in [1.82, 2.24) is 0 Å². The number of benzene rings is 2. The van der Waals surface area contributed by atoms with E-state index in [0.29, 0.717) is 22.6 Å². The Bertz CT molecular complexity index is 975. The SMILES string of the molecule is COc1cc([C@H]2c3cc4c(cc3[C@H](O)[C@H]3COC(=O)[C@H]23)OCO4)cc(OC)c1O. The zero-order chi connectivity index (χ0) is 20.3. The third-order valence-corrected chi connectivity index (χ3v) is 6.01. The van der Waals surface area contributed by atoms with E-state index in [1.54, 1.807) is 24.3 Å². The average Bonchev–Trinajstić information content (AvgIpc) is 3.34. The summed E-state index contributed by atoms with van der Waals surface area (Å²) >= 11 is 0. The van der Waals surface area contributed by atoms with Crippen LogP contribution in [0.5, 0.6) is 28.7 Å². The Morgan fingerprint density at radius 1 is 0.966 bits per heavy atom. The first-order valence-electron chi connectivity index (χ1n) is 9.26. The molecule has 8 nitrogen and oxygen atoms in total. The first kappa shape index (κ1) is 17.9. The molecule has 1 fully saturated rings. The second-order valence-corrected chi connectivity index (χ2v) is 7.35. The van der Waals surface area contributed by atoms with Crippen LogP contribution in [0.15, 0.2) is 24.3 Å². The average molecular weight is 400 g/mol. The van der Waals surface area contributed by atoms with E-state index in [1.165, 1.54) is 14.2 Å². The largest absolute Gasteiger partial charge is 0.502 e. The summed E-state index contributed by atoms with van der Waals surface area (Å²) in [6.45, 7) is 0.246. The molecule has 0 radical (unpaired) electrons. The second-order valence-electron chi connectivity index (χ2n) is 7.35. The third kappa shape index (κ3) is 2.52. The van der Waals surface area contributed by atoms with E-state index in [4.69, 9.17) is 23.7 Å². The normalized spacial score (nSPS) is 26.5. The molecule has 8 heteroatoms. The van der Waals surface area contributed by atoms with Gasteiger partial charge in [0.1, 0.15) is 0 Å². The molecule has 2 aliphatic heterocycles. The first-order chi connectivity index (χ1) is 14.0. The highest BCUT2D eigenvalue weighted by molar-refractivity contribution is 5.79. The summed E-state index contributed by atoms with van der Waals surface area (Å²) in [5.41, 5.74) is 2.12.